The lowest BCUT2D eigenvalue weighted by molar-refractivity contribution is 1.48. The molecule has 0 spiro atoms. The number of hydrogen-bond acceptors (Lipinski definition) is 3. The van der Waals surface area contributed by atoms with Crippen LogP contribution in [-0.4, -0.2) is 0 Å². The van der Waals surface area contributed by atoms with Crippen LogP contribution < -0.4 is 0 Å². The molecule has 1 nitrogen and oxygen atoms in total. The molecule has 0 aliphatic heterocycles. The first-order valence-electron chi connectivity index (χ1n) is 2.45. The molecule has 0 aliphatic carbocycles. The Morgan fingerprint density at radius 1 is 1.78 bits per heavy atom. The fourth-order valence-corrected chi connectivity index (χ4v) is 1.68. The van der Waals surface area contributed by atoms with E-state index in [1.165, 1.54) is 17.3 Å². The average Bonchev–Trinajstić information content (AvgIpc) is 2.34. The summed E-state index contributed by atoms with van der Waals surface area (Å²) in [4.78, 5) is 0. The van der Waals surface area contributed by atoms with Gasteiger partial charge in [-0.15, -0.1) is 0 Å². The Hall–Kier alpha value is -0.460. The van der Waals surface area contributed by atoms with Crippen LogP contribution in [0.4, 0.5) is 0 Å². The van der Waals surface area contributed by atoms with Crippen molar-refractivity contribution in [2.45, 2.75) is 5.75 Å². The topological polar surface area (TPSA) is 23.8 Å². The lowest BCUT2D eigenvalue weighted by Crippen LogP contribution is -1.68. The molecule has 0 radical (unpaired) electrons. The molecule has 0 fully saturated rings. The molecule has 9 heavy (non-hydrogen) atoms. The van der Waals surface area contributed by atoms with Crippen molar-refractivity contribution in [2.75, 3.05) is 0 Å². The number of nitriles is 1. The molecule has 0 atom stereocenters. The number of thiocyanates is 1. The van der Waals surface area contributed by atoms with E-state index in [4.69, 9.17) is 5.26 Å². The van der Waals surface area contributed by atoms with Crippen LogP contribution in [0.2, 0.25) is 0 Å². The van der Waals surface area contributed by atoms with Gasteiger partial charge in [-0.05, 0) is 34.2 Å². The summed E-state index contributed by atoms with van der Waals surface area (Å²) in [7, 11) is 0. The summed E-state index contributed by atoms with van der Waals surface area (Å²) < 4.78 is 0. The van der Waals surface area contributed by atoms with Gasteiger partial charge in [0.25, 0.3) is 0 Å². The SMILES string of the molecule is N#CSCc1ccsc1. The van der Waals surface area contributed by atoms with Crippen LogP contribution in [0.1, 0.15) is 5.56 Å². The van der Waals surface area contributed by atoms with Crippen LogP contribution in [0.15, 0.2) is 16.8 Å². The standard InChI is InChI=1S/C6H5NS2/c7-5-9-4-6-1-2-8-3-6/h1-3H,4H2. The van der Waals surface area contributed by atoms with Gasteiger partial charge in [-0.1, -0.05) is 0 Å². The summed E-state index contributed by atoms with van der Waals surface area (Å²) >= 11 is 2.95. The molecule has 1 heterocycles. The van der Waals surface area contributed by atoms with Crippen LogP contribution in [0.25, 0.3) is 0 Å². The largest absolute Gasteiger partial charge is 0.185 e. The summed E-state index contributed by atoms with van der Waals surface area (Å²) in [6.45, 7) is 0. The van der Waals surface area contributed by atoms with Crippen molar-refractivity contribution >= 4 is 23.1 Å². The monoisotopic (exact) mass is 155 g/mol. The second-order valence-corrected chi connectivity index (χ2v) is 3.05. The number of hydrogen-bond donors (Lipinski definition) is 0. The highest BCUT2D eigenvalue weighted by molar-refractivity contribution is 8.02. The Morgan fingerprint density at radius 2 is 2.67 bits per heavy atom. The summed E-state index contributed by atoms with van der Waals surface area (Å²) in [5, 5.41) is 14.3. The molecule has 0 saturated carbocycles. The van der Waals surface area contributed by atoms with Gasteiger partial charge in [0, 0.05) is 5.75 Å². The van der Waals surface area contributed by atoms with Crippen molar-refractivity contribution in [1.29, 1.82) is 5.26 Å². The van der Waals surface area contributed by atoms with Gasteiger partial charge in [0.2, 0.25) is 0 Å². The lowest BCUT2D eigenvalue weighted by Gasteiger charge is -1.83. The van der Waals surface area contributed by atoms with Crippen molar-refractivity contribution in [2.24, 2.45) is 0 Å². The average molecular weight is 155 g/mol. The van der Waals surface area contributed by atoms with Crippen molar-refractivity contribution in [1.82, 2.24) is 0 Å². The molecule has 0 saturated heterocycles. The molecular formula is C6H5NS2. The third-order valence-electron chi connectivity index (χ3n) is 0.883. The molecule has 1 rings (SSSR count). The third-order valence-corrected chi connectivity index (χ3v) is 2.22. The molecule has 0 amide bonds. The minimum Gasteiger partial charge on any atom is -0.185 e. The maximum atomic E-state index is 8.18. The highest BCUT2D eigenvalue weighted by Gasteiger charge is 1.89. The van der Waals surface area contributed by atoms with Crippen molar-refractivity contribution in [3.05, 3.63) is 22.4 Å². The second-order valence-electron chi connectivity index (χ2n) is 1.51. The Balaban J connectivity index is 2.41. The minimum atomic E-state index is 0.819. The van der Waals surface area contributed by atoms with Gasteiger partial charge in [0.05, 0.1) is 0 Å². The van der Waals surface area contributed by atoms with Crippen LogP contribution in [0, 0.1) is 10.7 Å². The predicted octanol–water partition coefficient (Wildman–Crippen LogP) is 2.46. The maximum absolute atomic E-state index is 8.18. The van der Waals surface area contributed by atoms with E-state index in [0.717, 1.165) is 5.75 Å². The molecule has 0 bridgehead atoms. The highest BCUT2D eigenvalue weighted by Crippen LogP contribution is 2.12. The fraction of sp³-hybridized carbons (Fsp3) is 0.167. The molecular weight excluding hydrogens is 150 g/mol. The van der Waals surface area contributed by atoms with Crippen LogP contribution >= 0.6 is 23.1 Å². The van der Waals surface area contributed by atoms with Gasteiger partial charge in [0.1, 0.15) is 5.40 Å². The van der Waals surface area contributed by atoms with E-state index in [1.54, 1.807) is 11.3 Å². The Morgan fingerprint density at radius 3 is 3.22 bits per heavy atom. The molecule has 0 aliphatic rings. The van der Waals surface area contributed by atoms with E-state index in [0.29, 0.717) is 0 Å². The van der Waals surface area contributed by atoms with Gasteiger partial charge in [-0.25, -0.2) is 0 Å². The van der Waals surface area contributed by atoms with Crippen molar-refractivity contribution in [3.8, 4) is 5.40 Å². The highest BCUT2D eigenvalue weighted by atomic mass is 32.2. The zero-order chi connectivity index (χ0) is 6.53. The molecule has 0 unspecified atom stereocenters. The van der Waals surface area contributed by atoms with Gasteiger partial charge >= 0.3 is 0 Å². The minimum absolute atomic E-state index is 0.819. The first kappa shape index (κ1) is 6.66. The summed E-state index contributed by atoms with van der Waals surface area (Å²) in [5.41, 5.74) is 1.24. The van der Waals surface area contributed by atoms with Gasteiger partial charge in [-0.3, -0.25) is 0 Å². The summed E-state index contributed by atoms with van der Waals surface area (Å²) in [6.07, 6.45) is 0. The van der Waals surface area contributed by atoms with Crippen LogP contribution in [0.5, 0.6) is 0 Å². The van der Waals surface area contributed by atoms with Crippen molar-refractivity contribution in [3.63, 3.8) is 0 Å². The normalized spacial score (nSPS) is 8.78. The molecule has 0 aromatic carbocycles. The molecule has 3 heteroatoms. The molecule has 1 aromatic heterocycles. The quantitative estimate of drug-likeness (QED) is 0.612. The Labute approximate surface area is 62.3 Å². The number of rotatable bonds is 2. The van der Waals surface area contributed by atoms with E-state index >= 15 is 0 Å². The molecule has 46 valence electrons. The van der Waals surface area contributed by atoms with E-state index in [2.05, 4.69) is 5.38 Å². The second kappa shape index (κ2) is 3.54. The smallest absolute Gasteiger partial charge is 0.133 e. The van der Waals surface area contributed by atoms with E-state index in [1.807, 2.05) is 16.8 Å². The maximum Gasteiger partial charge on any atom is 0.133 e. The zero-order valence-electron chi connectivity index (χ0n) is 4.70. The Kier molecular flexibility index (Phi) is 2.62. The first-order chi connectivity index (χ1) is 4.43. The van der Waals surface area contributed by atoms with E-state index in [9.17, 15) is 0 Å². The van der Waals surface area contributed by atoms with Gasteiger partial charge in [-0.2, -0.15) is 16.6 Å². The van der Waals surface area contributed by atoms with Crippen LogP contribution in [0.3, 0.4) is 0 Å². The third kappa shape index (κ3) is 2.08. The first-order valence-corrected chi connectivity index (χ1v) is 4.38. The number of thioether (sulfide) groups is 1. The van der Waals surface area contributed by atoms with E-state index in [-0.39, 0.29) is 0 Å². The van der Waals surface area contributed by atoms with Gasteiger partial charge < -0.3 is 0 Å². The predicted molar refractivity (Wildman–Crippen MR) is 41.2 cm³/mol. The number of thiophene rings is 1. The molecule has 0 N–H and O–H groups in total. The van der Waals surface area contributed by atoms with Crippen molar-refractivity contribution < 1.29 is 0 Å². The number of nitrogens with zero attached hydrogens (tertiary/aromatic N) is 1. The van der Waals surface area contributed by atoms with Gasteiger partial charge in [0.15, 0.2) is 0 Å². The van der Waals surface area contributed by atoms with E-state index < -0.39 is 0 Å². The summed E-state index contributed by atoms with van der Waals surface area (Å²) in [5.74, 6) is 0.819. The summed E-state index contributed by atoms with van der Waals surface area (Å²) in [6, 6.07) is 2.04. The fourth-order valence-electron chi connectivity index (χ4n) is 0.490. The molecule has 1 aromatic rings. The zero-order valence-corrected chi connectivity index (χ0v) is 6.34. The lowest BCUT2D eigenvalue weighted by atomic mass is 10.4. The van der Waals surface area contributed by atoms with Crippen LogP contribution in [-0.2, 0) is 5.75 Å². The Bertz CT molecular complexity index is 197.